The third kappa shape index (κ3) is 11.0. The number of aryl methyl sites for hydroxylation is 4. The molecule has 6 rings (SSSR count). The average molecular weight is 782 g/mol. The smallest absolute Gasteiger partial charge is 1.00 e. The van der Waals surface area contributed by atoms with E-state index in [0.717, 1.165) is 0 Å². The van der Waals surface area contributed by atoms with E-state index in [1.165, 1.54) is 77.2 Å². The van der Waals surface area contributed by atoms with Crippen LogP contribution in [0.1, 0.15) is 77.6 Å². The van der Waals surface area contributed by atoms with E-state index < -0.39 is 0 Å². The molecule has 4 aromatic carbocycles. The summed E-state index contributed by atoms with van der Waals surface area (Å²) in [5.74, 6) is 1.12. The molecule has 0 fully saturated rings. The Morgan fingerprint density at radius 3 is 0.977 bits per heavy atom. The SMILES string of the molecule is CC1=[C-]C(C)C(C)=C1C.CC1=[C-]C(C)C(C)=C1C.Cc1ccc(C)c2[cH-]ccc12.Cc1ccc(C)c2[cH-]ccc12.[Cl-].[Cl-].[Zr+2].[Zr+2]. The van der Waals surface area contributed by atoms with Gasteiger partial charge in [-0.05, 0) is 13.8 Å². The van der Waals surface area contributed by atoms with E-state index in [1.807, 2.05) is 0 Å². The predicted octanol–water partition coefficient (Wildman–Crippen LogP) is 5.80. The van der Waals surface area contributed by atoms with Gasteiger partial charge in [0, 0.05) is 0 Å². The van der Waals surface area contributed by atoms with Gasteiger partial charge in [-0.15, -0.1) is 70.8 Å². The number of allylic oxidation sites excluding steroid dienone is 8. The van der Waals surface area contributed by atoms with Crippen LogP contribution in [0.4, 0.5) is 0 Å². The summed E-state index contributed by atoms with van der Waals surface area (Å²) in [5.41, 5.74) is 14.0. The van der Waals surface area contributed by atoms with Crippen molar-refractivity contribution < 1.29 is 77.2 Å². The van der Waals surface area contributed by atoms with Crippen LogP contribution in [0.5, 0.6) is 0 Å². The van der Waals surface area contributed by atoms with Gasteiger partial charge < -0.3 is 24.8 Å². The van der Waals surface area contributed by atoms with E-state index in [4.69, 9.17) is 0 Å². The van der Waals surface area contributed by atoms with Gasteiger partial charge in [0.1, 0.15) is 0 Å². The summed E-state index contributed by atoms with van der Waals surface area (Å²) in [6.45, 7) is 26.0. The zero-order valence-corrected chi connectivity index (χ0v) is 35.1. The Kier molecular flexibility index (Phi) is 20.8. The fourth-order valence-corrected chi connectivity index (χ4v) is 5.40. The van der Waals surface area contributed by atoms with Crippen LogP contribution in [0, 0.1) is 51.7 Å². The van der Waals surface area contributed by atoms with E-state index in [1.54, 1.807) is 0 Å². The van der Waals surface area contributed by atoms with Gasteiger partial charge in [-0.1, -0.05) is 90.5 Å². The van der Waals surface area contributed by atoms with E-state index in [-0.39, 0.29) is 77.2 Å². The molecule has 2 atom stereocenters. The van der Waals surface area contributed by atoms with Gasteiger partial charge in [-0.2, -0.15) is 46.6 Å². The minimum atomic E-state index is 0. The van der Waals surface area contributed by atoms with Crippen molar-refractivity contribution in [2.75, 3.05) is 0 Å². The van der Waals surface area contributed by atoms with E-state index in [9.17, 15) is 0 Å². The monoisotopic (exact) mass is 778 g/mol. The third-order valence-corrected chi connectivity index (χ3v) is 8.97. The molecule has 0 aromatic heterocycles. The van der Waals surface area contributed by atoms with Crippen molar-refractivity contribution >= 4 is 21.5 Å². The van der Waals surface area contributed by atoms with Gasteiger partial charge in [0.2, 0.25) is 0 Å². The Bertz CT molecular complexity index is 1430. The maximum Gasteiger partial charge on any atom is 2.00 e. The maximum atomic E-state index is 3.36. The Hall–Kier alpha value is -1.03. The van der Waals surface area contributed by atoms with Crippen LogP contribution in [0.25, 0.3) is 21.5 Å². The van der Waals surface area contributed by atoms with Crippen molar-refractivity contribution in [3.63, 3.8) is 0 Å². The average Bonchev–Trinajstić information content (AvgIpc) is 3.71. The van der Waals surface area contributed by atoms with Crippen molar-refractivity contribution in [1.29, 1.82) is 0 Å². The number of hydrogen-bond donors (Lipinski definition) is 0. The van der Waals surface area contributed by atoms with Crippen LogP contribution in [0.15, 0.2) is 94.1 Å². The molecular weight excluding hydrogens is 734 g/mol. The van der Waals surface area contributed by atoms with Crippen LogP contribution in [0.3, 0.4) is 0 Å². The summed E-state index contributed by atoms with van der Waals surface area (Å²) in [5, 5.41) is 5.57. The van der Waals surface area contributed by atoms with Gasteiger partial charge in [-0.3, -0.25) is 12.2 Å². The first-order valence-electron chi connectivity index (χ1n) is 14.6. The normalized spacial score (nSPS) is 16.5. The first kappa shape index (κ1) is 45.1. The van der Waals surface area contributed by atoms with Gasteiger partial charge in [0.25, 0.3) is 0 Å². The Morgan fingerprint density at radius 2 is 0.773 bits per heavy atom. The minimum absolute atomic E-state index is 0. The second-order valence-corrected chi connectivity index (χ2v) is 11.7. The molecule has 2 aliphatic rings. The second kappa shape index (κ2) is 20.3. The summed E-state index contributed by atoms with van der Waals surface area (Å²) in [4.78, 5) is 0. The molecule has 0 bridgehead atoms. The first-order chi connectivity index (χ1) is 18.8. The van der Waals surface area contributed by atoms with Gasteiger partial charge in [-0.25, -0.2) is 11.1 Å². The molecule has 4 heteroatoms. The molecule has 0 N–H and O–H groups in total. The molecule has 0 saturated heterocycles. The largest absolute Gasteiger partial charge is 2.00 e. The van der Waals surface area contributed by atoms with Crippen LogP contribution in [0.2, 0.25) is 0 Å². The number of benzene rings is 2. The molecule has 0 amide bonds. The van der Waals surface area contributed by atoms with Crippen molar-refractivity contribution in [3.05, 3.63) is 129 Å². The van der Waals surface area contributed by atoms with Gasteiger partial charge in [0.05, 0.1) is 0 Å². The number of rotatable bonds is 0. The first-order valence-corrected chi connectivity index (χ1v) is 14.6. The molecule has 0 saturated carbocycles. The van der Waals surface area contributed by atoms with Crippen molar-refractivity contribution in [2.24, 2.45) is 11.8 Å². The zero-order chi connectivity index (χ0) is 29.7. The standard InChI is InChI=1S/2C11H11.2C9H13.2ClH.2Zr/c2*1-8-6-7-9(2)11-5-3-4-10(8)11;2*1-6-5-7(2)9(4)8(6)3;;;;/h2*3-7H,1-2H3;2*6H,1-4H3;2*1H;;/q4*-1;;;2*+2/p-2. The molecule has 0 radical (unpaired) electrons. The molecule has 0 nitrogen and oxygen atoms in total. The molecule has 0 spiro atoms. The van der Waals surface area contributed by atoms with Crippen molar-refractivity contribution in [3.8, 4) is 0 Å². The number of hydrogen-bond acceptors (Lipinski definition) is 0. The summed E-state index contributed by atoms with van der Waals surface area (Å²) >= 11 is 0. The number of halogens is 2. The molecule has 232 valence electrons. The summed E-state index contributed by atoms with van der Waals surface area (Å²) in [6.07, 6.45) is 6.72. The molecule has 0 heterocycles. The molecule has 4 aromatic rings. The summed E-state index contributed by atoms with van der Waals surface area (Å²) in [7, 11) is 0. The molecule has 2 unspecified atom stereocenters. The fraction of sp³-hybridized carbons (Fsp3) is 0.350. The van der Waals surface area contributed by atoms with Gasteiger partial charge >= 0.3 is 52.4 Å². The van der Waals surface area contributed by atoms with Crippen molar-refractivity contribution in [2.45, 2.75) is 83.1 Å². The Labute approximate surface area is 319 Å². The maximum absolute atomic E-state index is 3.36. The zero-order valence-electron chi connectivity index (χ0n) is 28.7. The van der Waals surface area contributed by atoms with E-state index in [2.05, 4.69) is 156 Å². The van der Waals surface area contributed by atoms with Crippen LogP contribution in [-0.4, -0.2) is 0 Å². The van der Waals surface area contributed by atoms with E-state index >= 15 is 0 Å². The molecular formula is C40H48Cl2Zr2-2. The van der Waals surface area contributed by atoms with E-state index in [0.29, 0.717) is 11.8 Å². The van der Waals surface area contributed by atoms with Crippen LogP contribution >= 0.6 is 0 Å². The Balaban J connectivity index is 0. The molecule has 44 heavy (non-hydrogen) atoms. The minimum Gasteiger partial charge on any atom is -1.00 e. The number of fused-ring (bicyclic) bond motifs is 2. The third-order valence-electron chi connectivity index (χ3n) is 8.97. The fourth-order valence-electron chi connectivity index (χ4n) is 5.40. The van der Waals surface area contributed by atoms with Crippen LogP contribution in [-0.2, 0) is 52.4 Å². The molecule has 0 aliphatic heterocycles. The summed E-state index contributed by atoms with van der Waals surface area (Å²) < 4.78 is 0. The topological polar surface area (TPSA) is 0 Å². The quantitative estimate of drug-likeness (QED) is 0.198. The Morgan fingerprint density at radius 1 is 0.477 bits per heavy atom. The van der Waals surface area contributed by atoms with Crippen molar-refractivity contribution in [1.82, 2.24) is 0 Å². The van der Waals surface area contributed by atoms with Crippen LogP contribution < -0.4 is 24.8 Å². The molecule has 2 aliphatic carbocycles. The summed E-state index contributed by atoms with van der Waals surface area (Å²) in [6, 6.07) is 21.7. The second-order valence-electron chi connectivity index (χ2n) is 11.7. The predicted molar refractivity (Wildman–Crippen MR) is 178 cm³/mol. The van der Waals surface area contributed by atoms with Gasteiger partial charge in [0.15, 0.2) is 0 Å².